The second-order valence-corrected chi connectivity index (χ2v) is 6.68. The molecule has 1 aromatic heterocycles. The van der Waals surface area contributed by atoms with Gasteiger partial charge in [0.05, 0.1) is 11.6 Å². The molecular formula is C17H18F3N3O3S. The highest BCUT2D eigenvalue weighted by molar-refractivity contribution is 7.14. The summed E-state index contributed by atoms with van der Waals surface area (Å²) in [6.07, 6.45) is -4.80. The topological polar surface area (TPSA) is 84.7 Å². The molecule has 2 aromatic rings. The minimum absolute atomic E-state index is 0.0496. The first kappa shape index (κ1) is 20.7. The summed E-state index contributed by atoms with van der Waals surface area (Å²) in [4.78, 5) is 25.3. The van der Waals surface area contributed by atoms with Gasteiger partial charge in [-0.15, -0.1) is 24.5 Å². The van der Waals surface area contributed by atoms with E-state index in [1.54, 1.807) is 30.3 Å². The molecule has 3 N–H and O–H groups in total. The molecule has 0 spiro atoms. The van der Waals surface area contributed by atoms with E-state index in [2.05, 4.69) is 10.1 Å². The van der Waals surface area contributed by atoms with Gasteiger partial charge >= 0.3 is 6.36 Å². The van der Waals surface area contributed by atoms with Crippen molar-refractivity contribution in [1.82, 2.24) is 4.90 Å². The highest BCUT2D eigenvalue weighted by Crippen LogP contribution is 2.27. The Morgan fingerprint density at radius 3 is 2.59 bits per heavy atom. The van der Waals surface area contributed by atoms with Crippen molar-refractivity contribution in [3.8, 4) is 5.75 Å². The Bertz CT molecular complexity index is 823. The summed E-state index contributed by atoms with van der Waals surface area (Å²) < 4.78 is 41.6. The van der Waals surface area contributed by atoms with E-state index in [1.165, 1.54) is 24.3 Å². The molecule has 1 atom stereocenters. The van der Waals surface area contributed by atoms with Gasteiger partial charge in [-0.3, -0.25) is 14.5 Å². The lowest BCUT2D eigenvalue weighted by Crippen LogP contribution is -2.39. The van der Waals surface area contributed by atoms with Crippen LogP contribution < -0.4 is 15.8 Å². The highest BCUT2D eigenvalue weighted by atomic mass is 32.1. The van der Waals surface area contributed by atoms with Crippen molar-refractivity contribution in [2.75, 3.05) is 12.4 Å². The number of carbonyl (C=O) groups excluding carboxylic acids is 2. The van der Waals surface area contributed by atoms with Gasteiger partial charge in [-0.1, -0.05) is 18.2 Å². The van der Waals surface area contributed by atoms with Crippen LogP contribution in [0.5, 0.6) is 5.75 Å². The number of hydrogen-bond donors (Lipinski definition) is 2. The zero-order chi connectivity index (χ0) is 20.2. The van der Waals surface area contributed by atoms with Crippen molar-refractivity contribution in [2.45, 2.75) is 25.9 Å². The molecule has 0 unspecified atom stereocenters. The molecule has 27 heavy (non-hydrogen) atoms. The number of anilines is 1. The zero-order valence-electron chi connectivity index (χ0n) is 14.5. The van der Waals surface area contributed by atoms with Gasteiger partial charge in [0, 0.05) is 12.1 Å². The van der Waals surface area contributed by atoms with E-state index >= 15 is 0 Å². The van der Waals surface area contributed by atoms with Gasteiger partial charge in [0.25, 0.3) is 5.91 Å². The van der Waals surface area contributed by atoms with Gasteiger partial charge in [-0.25, -0.2) is 0 Å². The normalized spacial score (nSPS) is 12.7. The molecule has 2 amide bonds. The summed E-state index contributed by atoms with van der Waals surface area (Å²) in [6.45, 7) is 1.65. The molecule has 1 heterocycles. The number of amides is 2. The standard InChI is InChI=1S/C17H18F3N3O3S/c1-10(15(25)22-16-12(14(21)24)7-8-27-16)23(2)9-11-5-3-4-6-13(11)26-17(18,19)20/h3-8,10H,9H2,1-2H3,(H2,21,24)(H,22,25)/t10-/m1/s1. The zero-order valence-corrected chi connectivity index (χ0v) is 15.4. The van der Waals surface area contributed by atoms with Crippen LogP contribution in [0.25, 0.3) is 0 Å². The molecule has 0 radical (unpaired) electrons. The number of alkyl halides is 3. The van der Waals surface area contributed by atoms with E-state index < -0.39 is 24.2 Å². The predicted molar refractivity (Wildman–Crippen MR) is 95.5 cm³/mol. The maximum atomic E-state index is 12.5. The fourth-order valence-electron chi connectivity index (χ4n) is 2.28. The second-order valence-electron chi connectivity index (χ2n) is 5.76. The Kier molecular flexibility index (Phi) is 6.45. The predicted octanol–water partition coefficient (Wildman–Crippen LogP) is 3.20. The molecule has 6 nitrogen and oxygen atoms in total. The van der Waals surface area contributed by atoms with E-state index in [0.29, 0.717) is 5.00 Å². The average molecular weight is 401 g/mol. The maximum absolute atomic E-state index is 12.5. The number of ether oxygens (including phenoxy) is 1. The van der Waals surface area contributed by atoms with E-state index in [0.717, 1.165) is 11.3 Å². The summed E-state index contributed by atoms with van der Waals surface area (Å²) in [5.74, 6) is -1.40. The average Bonchev–Trinajstić information content (AvgIpc) is 3.02. The van der Waals surface area contributed by atoms with E-state index in [9.17, 15) is 22.8 Å². The minimum atomic E-state index is -4.80. The molecule has 146 valence electrons. The Morgan fingerprint density at radius 1 is 1.30 bits per heavy atom. The summed E-state index contributed by atoms with van der Waals surface area (Å²) in [7, 11) is 1.60. The molecule has 1 aromatic carbocycles. The first-order valence-corrected chi connectivity index (χ1v) is 8.68. The monoisotopic (exact) mass is 401 g/mol. The van der Waals surface area contributed by atoms with E-state index in [1.807, 2.05) is 0 Å². The van der Waals surface area contributed by atoms with Crippen LogP contribution in [-0.2, 0) is 11.3 Å². The molecule has 0 fully saturated rings. The lowest BCUT2D eigenvalue weighted by molar-refractivity contribution is -0.275. The maximum Gasteiger partial charge on any atom is 0.573 e. The Labute approximate surface area is 157 Å². The van der Waals surface area contributed by atoms with E-state index in [4.69, 9.17) is 5.73 Å². The number of primary amides is 1. The Balaban J connectivity index is 2.07. The molecule has 10 heteroatoms. The second kappa shape index (κ2) is 8.40. The summed E-state index contributed by atoms with van der Waals surface area (Å²) in [6, 6.07) is 6.54. The summed E-state index contributed by atoms with van der Waals surface area (Å²) in [5, 5.41) is 4.56. The third kappa shape index (κ3) is 5.69. The summed E-state index contributed by atoms with van der Waals surface area (Å²) >= 11 is 1.15. The molecule has 0 saturated heterocycles. The lowest BCUT2D eigenvalue weighted by atomic mass is 10.1. The highest BCUT2D eigenvalue weighted by Gasteiger charge is 2.32. The number of hydrogen-bond acceptors (Lipinski definition) is 5. The number of carbonyl (C=O) groups is 2. The van der Waals surface area contributed by atoms with Gasteiger partial charge < -0.3 is 15.8 Å². The lowest BCUT2D eigenvalue weighted by Gasteiger charge is -2.25. The molecule has 0 bridgehead atoms. The van der Waals surface area contributed by atoms with Crippen molar-refractivity contribution >= 4 is 28.2 Å². The first-order valence-electron chi connectivity index (χ1n) is 7.80. The third-order valence-corrected chi connectivity index (χ3v) is 4.66. The number of benzene rings is 1. The van der Waals surface area contributed by atoms with Gasteiger partial charge in [-0.05, 0) is 31.5 Å². The molecule has 0 aliphatic heterocycles. The van der Waals surface area contributed by atoms with Crippen LogP contribution in [0.3, 0.4) is 0 Å². The Morgan fingerprint density at radius 2 is 1.96 bits per heavy atom. The van der Waals surface area contributed by atoms with Gasteiger partial charge in [-0.2, -0.15) is 0 Å². The number of thiophene rings is 1. The van der Waals surface area contributed by atoms with Crippen molar-refractivity contribution < 1.29 is 27.5 Å². The third-order valence-electron chi connectivity index (χ3n) is 3.83. The number of likely N-dealkylation sites (N-methyl/N-ethyl adjacent to an activating group) is 1. The smallest absolute Gasteiger partial charge is 0.405 e. The van der Waals surface area contributed by atoms with E-state index in [-0.39, 0.29) is 23.4 Å². The number of nitrogens with one attached hydrogen (secondary N) is 1. The van der Waals surface area contributed by atoms with Crippen molar-refractivity contribution in [3.63, 3.8) is 0 Å². The number of para-hydroxylation sites is 1. The molecule has 0 aliphatic rings. The van der Waals surface area contributed by atoms with Crippen LogP contribution in [0.2, 0.25) is 0 Å². The van der Waals surface area contributed by atoms with Crippen LogP contribution in [0, 0.1) is 0 Å². The van der Waals surface area contributed by atoms with Gasteiger partial charge in [0.15, 0.2) is 0 Å². The van der Waals surface area contributed by atoms with Crippen LogP contribution in [0.1, 0.15) is 22.8 Å². The fourth-order valence-corrected chi connectivity index (χ4v) is 3.08. The van der Waals surface area contributed by atoms with Crippen molar-refractivity contribution in [3.05, 3.63) is 46.8 Å². The SMILES string of the molecule is C[C@H](C(=O)Nc1sccc1C(N)=O)N(C)Cc1ccccc1OC(F)(F)F. The number of halogens is 3. The van der Waals surface area contributed by atoms with Crippen LogP contribution in [0.15, 0.2) is 35.7 Å². The molecule has 2 rings (SSSR count). The van der Waals surface area contributed by atoms with Crippen molar-refractivity contribution in [1.29, 1.82) is 0 Å². The minimum Gasteiger partial charge on any atom is -0.405 e. The largest absolute Gasteiger partial charge is 0.573 e. The molecule has 0 aliphatic carbocycles. The van der Waals surface area contributed by atoms with Gasteiger partial charge in [0.2, 0.25) is 5.91 Å². The number of rotatable bonds is 7. The van der Waals surface area contributed by atoms with Crippen LogP contribution >= 0.6 is 11.3 Å². The van der Waals surface area contributed by atoms with Gasteiger partial charge in [0.1, 0.15) is 10.8 Å². The quantitative estimate of drug-likeness (QED) is 0.746. The number of nitrogens with two attached hydrogens (primary N) is 1. The van der Waals surface area contributed by atoms with Crippen molar-refractivity contribution in [2.24, 2.45) is 5.73 Å². The first-order chi connectivity index (χ1) is 12.6. The van der Waals surface area contributed by atoms with Crippen LogP contribution in [0.4, 0.5) is 18.2 Å². The number of nitrogens with zero attached hydrogens (tertiary/aromatic N) is 1. The van der Waals surface area contributed by atoms with Crippen LogP contribution in [-0.4, -0.2) is 36.2 Å². The molecular weight excluding hydrogens is 383 g/mol. The fraction of sp³-hybridized carbons (Fsp3) is 0.294. The molecule has 0 saturated carbocycles. The summed E-state index contributed by atoms with van der Waals surface area (Å²) in [5.41, 5.74) is 5.72. The Hall–Kier alpha value is -2.59.